The van der Waals surface area contributed by atoms with E-state index >= 15 is 0 Å². The molecule has 1 rings (SSSR count). The van der Waals surface area contributed by atoms with Gasteiger partial charge in [0.05, 0.1) is 13.2 Å². The van der Waals surface area contributed by atoms with E-state index in [9.17, 15) is 9.50 Å². The maximum atomic E-state index is 13.1. The molecule has 33 heavy (non-hydrogen) atoms. The minimum absolute atomic E-state index is 0. The van der Waals surface area contributed by atoms with Crippen LogP contribution in [0.1, 0.15) is 115 Å². The van der Waals surface area contributed by atoms with E-state index in [1.165, 1.54) is 108 Å². The molecule has 0 unspecified atom stereocenters. The van der Waals surface area contributed by atoms with Crippen LogP contribution in [0.5, 0.6) is 0 Å². The zero-order valence-corrected chi connectivity index (χ0v) is 23.9. The Labute approximate surface area is 197 Å². The minimum atomic E-state index is -0.376. The van der Waals surface area contributed by atoms with Crippen LogP contribution in [0, 0.1) is 11.9 Å². The first-order valence-electron chi connectivity index (χ1n) is 13.2. The van der Waals surface area contributed by atoms with E-state index in [-0.39, 0.29) is 25.1 Å². The quantitative estimate of drug-likeness (QED) is 0.0938. The normalized spacial score (nSPS) is 12.0. The molecule has 1 N–H and O–H groups in total. The van der Waals surface area contributed by atoms with Gasteiger partial charge in [-0.3, -0.25) is 4.39 Å². The van der Waals surface area contributed by atoms with Crippen molar-refractivity contribution in [1.82, 2.24) is 0 Å². The fourth-order valence-electron chi connectivity index (χ4n) is 3.91. The number of ether oxygens (including phenoxy) is 2. The monoisotopic (exact) mass is 694 g/mol. The number of unbranched alkanes of at least 4 members (excludes halogenated alkanes) is 15. The van der Waals surface area contributed by atoms with Gasteiger partial charge >= 0.3 is 0 Å². The SMILES string of the molecule is CCCCCCCCCCCCCCCCCCOC[C@H](CO)OCc1c[c-]cc(F)c1.[Cm]. The Hall–Kier alpha value is -1.97. The third kappa shape index (κ3) is 19.2. The number of benzene rings is 1. The van der Waals surface area contributed by atoms with Crippen LogP contribution in [0.3, 0.4) is 0 Å². The molecule has 3 nitrogen and oxygen atoms in total. The Morgan fingerprint density at radius 1 is 0.818 bits per heavy atom. The number of hydrogen-bond acceptors (Lipinski definition) is 3. The van der Waals surface area contributed by atoms with Gasteiger partial charge in [0.15, 0.2) is 0 Å². The van der Waals surface area contributed by atoms with Crippen molar-refractivity contribution in [2.45, 2.75) is 122 Å². The first-order chi connectivity index (χ1) is 15.8. The van der Waals surface area contributed by atoms with Gasteiger partial charge in [0.25, 0.3) is 0 Å². The van der Waals surface area contributed by atoms with Crippen molar-refractivity contribution in [3.8, 4) is 0 Å². The fraction of sp³-hybridized carbons (Fsp3) is 0.786. The maximum absolute atomic E-state index is 13.1. The number of aliphatic hydroxyl groups is 1. The van der Waals surface area contributed by atoms with Crippen LogP contribution in [-0.4, -0.2) is 31.0 Å². The molecule has 0 saturated heterocycles. The molecule has 0 spiro atoms. The predicted molar refractivity (Wildman–Crippen MR) is 131 cm³/mol. The fourth-order valence-corrected chi connectivity index (χ4v) is 3.91. The Bertz CT molecular complexity index is 530. The Morgan fingerprint density at radius 2 is 1.33 bits per heavy atom. The second kappa shape index (κ2) is 23.2. The first kappa shape index (κ1) is 31.0. The summed E-state index contributed by atoms with van der Waals surface area (Å²) in [6.07, 6.45) is 21.3. The smallest absolute Gasteiger partial charge is 0.103 e. The van der Waals surface area contributed by atoms with Crippen LogP contribution in [0.4, 0.5) is 4.39 Å². The second-order valence-electron chi connectivity index (χ2n) is 9.05. The van der Waals surface area contributed by atoms with Gasteiger partial charge in [-0.05, 0) is 6.42 Å². The molecule has 0 aromatic heterocycles. The van der Waals surface area contributed by atoms with E-state index in [1.54, 1.807) is 6.07 Å². The summed E-state index contributed by atoms with van der Waals surface area (Å²) >= 11 is 0. The van der Waals surface area contributed by atoms with Crippen molar-refractivity contribution in [3.05, 3.63) is 35.6 Å². The molecule has 0 fully saturated rings. The Kier molecular flexibility index (Phi) is 21.8. The summed E-state index contributed by atoms with van der Waals surface area (Å²) < 4.78 is 24.4. The average molecular weight is 699 g/mol. The van der Waals surface area contributed by atoms with E-state index in [0.29, 0.717) is 18.8 Å². The zero-order valence-electron chi connectivity index (χ0n) is 20.9. The summed E-state index contributed by atoms with van der Waals surface area (Å²) in [4.78, 5) is 0. The molecule has 0 bridgehead atoms. The third-order valence-corrected chi connectivity index (χ3v) is 5.95. The maximum Gasteiger partial charge on any atom is 0.103 e. The molecule has 1 atom stereocenters. The van der Waals surface area contributed by atoms with E-state index in [0.717, 1.165) is 6.42 Å². The molecule has 0 aliphatic heterocycles. The molecule has 1 aromatic carbocycles. The predicted octanol–water partition coefficient (Wildman–Crippen LogP) is 7.78. The summed E-state index contributed by atoms with van der Waals surface area (Å²) in [5.74, 6) is -0.327. The van der Waals surface area contributed by atoms with Crippen LogP contribution >= 0.6 is 0 Å². The Balaban J connectivity index is 0.0000102. The van der Waals surface area contributed by atoms with Gasteiger partial charge in [-0.2, -0.15) is 12.1 Å². The number of rotatable bonds is 23. The molecule has 0 aliphatic rings. The number of halogens is 1. The molecule has 0 heterocycles. The van der Waals surface area contributed by atoms with E-state index in [2.05, 4.69) is 13.0 Å². The van der Waals surface area contributed by atoms with Crippen LogP contribution in [0.25, 0.3) is 0 Å². The van der Waals surface area contributed by atoms with Crippen molar-refractivity contribution in [2.75, 3.05) is 19.8 Å². The van der Waals surface area contributed by atoms with Crippen molar-refractivity contribution >= 4 is 0 Å². The summed E-state index contributed by atoms with van der Waals surface area (Å²) in [5, 5.41) is 9.42. The number of hydrogen-bond donors (Lipinski definition) is 1. The first-order valence-corrected chi connectivity index (χ1v) is 13.2. The molecule has 0 radical (unpaired) electrons. The topological polar surface area (TPSA) is 38.7 Å². The molecule has 0 aliphatic carbocycles. The summed E-state index contributed by atoms with van der Waals surface area (Å²) in [6, 6.07) is 7.12. The van der Waals surface area contributed by atoms with Gasteiger partial charge in [-0.25, -0.2) is 0 Å². The number of aliphatic hydroxyl groups excluding tert-OH is 1. The summed E-state index contributed by atoms with van der Waals surface area (Å²) in [6.45, 7) is 3.50. The molecule has 5 heteroatoms. The summed E-state index contributed by atoms with van der Waals surface area (Å²) in [7, 11) is 0. The van der Waals surface area contributed by atoms with E-state index in [1.807, 2.05) is 0 Å². The third-order valence-electron chi connectivity index (χ3n) is 5.95. The molecule has 0 saturated carbocycles. The molecular formula is C28H48CmFO3-. The van der Waals surface area contributed by atoms with Gasteiger partial charge in [-0.15, -0.1) is 17.7 Å². The van der Waals surface area contributed by atoms with Crippen LogP contribution in [-0.2, 0) is 16.1 Å². The standard InChI is InChI=1S/C28H48FO3.Cm/c1-2-3-4-5-6-7-8-9-10-11-12-13-14-15-16-17-21-31-25-28(23-30)32-24-26-19-18-20-27(29)22-26;/h19-20,22,28,30H,2-17,21,23-25H2,1H3;/q-1;/t28-;/m0./s1. The second-order valence-corrected chi connectivity index (χ2v) is 9.05. The van der Waals surface area contributed by atoms with Crippen molar-refractivity contribution in [2.24, 2.45) is 0 Å². The Morgan fingerprint density at radius 3 is 1.82 bits per heavy atom. The van der Waals surface area contributed by atoms with Crippen molar-refractivity contribution < 1.29 is 19.0 Å². The van der Waals surface area contributed by atoms with Gasteiger partial charge in [-0.1, -0.05) is 103 Å². The van der Waals surface area contributed by atoms with Crippen molar-refractivity contribution in [3.63, 3.8) is 0 Å². The van der Waals surface area contributed by atoms with Crippen LogP contribution in [0.15, 0.2) is 18.2 Å². The summed E-state index contributed by atoms with van der Waals surface area (Å²) in [5.41, 5.74) is 0.709. The van der Waals surface area contributed by atoms with Gasteiger partial charge < -0.3 is 14.6 Å². The van der Waals surface area contributed by atoms with Gasteiger partial charge in [0.1, 0.15) is 6.10 Å². The molecular weight excluding hydrogens is 650 g/mol. The van der Waals surface area contributed by atoms with Crippen LogP contribution < -0.4 is 0 Å². The average Bonchev–Trinajstić information content (AvgIpc) is 2.80. The molecule has 0 amide bonds. The van der Waals surface area contributed by atoms with E-state index in [4.69, 9.17) is 9.47 Å². The molecule has 194 valence electrons. The van der Waals surface area contributed by atoms with Gasteiger partial charge in [0, 0.05) is 19.0 Å². The molecule has 1 aromatic rings. The minimum Gasteiger partial charge on any atom is -0.394 e. The van der Waals surface area contributed by atoms with E-state index < -0.39 is 0 Å². The zero-order chi connectivity index (χ0) is 23.1. The van der Waals surface area contributed by atoms with Crippen molar-refractivity contribution in [1.29, 1.82) is 0 Å². The van der Waals surface area contributed by atoms with Gasteiger partial charge in [0.2, 0.25) is 0 Å². The van der Waals surface area contributed by atoms with Crippen LogP contribution in [0.2, 0.25) is 0 Å². The largest absolute Gasteiger partial charge is 0.394 e.